The van der Waals surface area contributed by atoms with Gasteiger partial charge in [-0.15, -0.1) is 0 Å². The topological polar surface area (TPSA) is 71.3 Å². The van der Waals surface area contributed by atoms with Crippen LogP contribution < -0.4 is 14.8 Å². The van der Waals surface area contributed by atoms with Gasteiger partial charge in [0, 0.05) is 26.9 Å². The lowest BCUT2D eigenvalue weighted by Gasteiger charge is -2.11. The average Bonchev–Trinajstić information content (AvgIpc) is 2.78. The number of carbonyl (C=O) groups is 1. The predicted octanol–water partition coefficient (Wildman–Crippen LogP) is 6.13. The molecular weight excluding hydrogens is 435 g/mol. The van der Waals surface area contributed by atoms with Crippen LogP contribution >= 0.6 is 23.2 Å². The van der Waals surface area contributed by atoms with Crippen molar-refractivity contribution in [1.82, 2.24) is 0 Å². The van der Waals surface area contributed by atoms with Crippen molar-refractivity contribution in [3.05, 3.63) is 93.5 Å². The van der Waals surface area contributed by atoms with Gasteiger partial charge in [0.25, 0.3) is 5.91 Å². The molecule has 0 fully saturated rings. The minimum Gasteiger partial charge on any atom is -0.497 e. The first-order chi connectivity index (χ1) is 15.0. The molecule has 0 atom stereocenters. The summed E-state index contributed by atoms with van der Waals surface area (Å²) < 4.78 is 11.0. The van der Waals surface area contributed by atoms with Crippen molar-refractivity contribution in [3.63, 3.8) is 0 Å². The standard InChI is InChI=1S/C24H18Cl2N2O3/c1-30-21-9-7-20(8-10-21)28-24(29)18(14-27)12-17-13-19(25)6-11-23(17)31-15-16-4-2-3-5-22(16)26/h2-13H,15H2,1H3,(H,28,29)/b18-12+. The Hall–Kier alpha value is -3.46. The van der Waals surface area contributed by atoms with Crippen molar-refractivity contribution in [2.75, 3.05) is 12.4 Å². The van der Waals surface area contributed by atoms with Gasteiger partial charge in [0.05, 0.1) is 7.11 Å². The Morgan fingerprint density at radius 2 is 1.84 bits per heavy atom. The van der Waals surface area contributed by atoms with Gasteiger partial charge >= 0.3 is 0 Å². The van der Waals surface area contributed by atoms with Crippen molar-refractivity contribution < 1.29 is 14.3 Å². The Morgan fingerprint density at radius 3 is 2.52 bits per heavy atom. The molecule has 0 unspecified atom stereocenters. The van der Waals surface area contributed by atoms with Crippen LogP contribution in [0.1, 0.15) is 11.1 Å². The van der Waals surface area contributed by atoms with Crippen molar-refractivity contribution >= 4 is 40.9 Å². The molecule has 3 aromatic rings. The fourth-order valence-corrected chi connectivity index (χ4v) is 3.08. The number of nitriles is 1. The summed E-state index contributed by atoms with van der Waals surface area (Å²) >= 11 is 12.3. The maximum absolute atomic E-state index is 12.6. The van der Waals surface area contributed by atoms with Gasteiger partial charge in [-0.25, -0.2) is 0 Å². The fourth-order valence-electron chi connectivity index (χ4n) is 2.71. The SMILES string of the molecule is COc1ccc(NC(=O)/C(C#N)=C/c2cc(Cl)ccc2OCc2ccccc2Cl)cc1. The van der Waals surface area contributed by atoms with Gasteiger partial charge in [0.1, 0.15) is 29.7 Å². The summed E-state index contributed by atoms with van der Waals surface area (Å²) in [6.07, 6.45) is 1.44. The first-order valence-corrected chi connectivity index (χ1v) is 9.98. The summed E-state index contributed by atoms with van der Waals surface area (Å²) in [5.74, 6) is 0.576. The van der Waals surface area contributed by atoms with Crippen LogP contribution in [0.15, 0.2) is 72.3 Å². The maximum Gasteiger partial charge on any atom is 0.266 e. The molecule has 5 nitrogen and oxygen atoms in total. The fraction of sp³-hybridized carbons (Fsp3) is 0.0833. The summed E-state index contributed by atoms with van der Waals surface area (Å²) in [7, 11) is 1.56. The smallest absolute Gasteiger partial charge is 0.266 e. The third kappa shape index (κ3) is 6.02. The van der Waals surface area contributed by atoms with Crippen LogP contribution in [0.5, 0.6) is 11.5 Å². The molecule has 0 aromatic heterocycles. The third-order valence-electron chi connectivity index (χ3n) is 4.33. The predicted molar refractivity (Wildman–Crippen MR) is 122 cm³/mol. The molecule has 0 aliphatic heterocycles. The highest BCUT2D eigenvalue weighted by Crippen LogP contribution is 2.27. The number of hydrogen-bond donors (Lipinski definition) is 1. The second kappa shape index (κ2) is 10.5. The van der Waals surface area contributed by atoms with Crippen molar-refractivity contribution in [1.29, 1.82) is 5.26 Å². The average molecular weight is 453 g/mol. The van der Waals surface area contributed by atoms with E-state index in [1.165, 1.54) is 6.08 Å². The van der Waals surface area contributed by atoms with Gasteiger partial charge < -0.3 is 14.8 Å². The highest BCUT2D eigenvalue weighted by Gasteiger charge is 2.13. The second-order valence-corrected chi connectivity index (χ2v) is 7.26. The number of methoxy groups -OCH3 is 1. The first-order valence-electron chi connectivity index (χ1n) is 9.23. The molecule has 0 heterocycles. The molecule has 1 amide bonds. The lowest BCUT2D eigenvalue weighted by molar-refractivity contribution is -0.112. The molecule has 0 aliphatic rings. The molecule has 0 bridgehead atoms. The van der Waals surface area contributed by atoms with E-state index in [4.69, 9.17) is 32.7 Å². The zero-order valence-electron chi connectivity index (χ0n) is 16.6. The van der Waals surface area contributed by atoms with E-state index < -0.39 is 5.91 Å². The Kier molecular flexibility index (Phi) is 7.55. The molecule has 156 valence electrons. The lowest BCUT2D eigenvalue weighted by atomic mass is 10.1. The van der Waals surface area contributed by atoms with Gasteiger partial charge in [-0.3, -0.25) is 4.79 Å². The molecule has 0 aliphatic carbocycles. The number of ether oxygens (including phenoxy) is 2. The summed E-state index contributed by atoms with van der Waals surface area (Å²) in [4.78, 5) is 12.6. The van der Waals surface area contributed by atoms with Crippen LogP contribution in [0.25, 0.3) is 6.08 Å². The molecule has 31 heavy (non-hydrogen) atoms. The normalized spacial score (nSPS) is 10.8. The maximum atomic E-state index is 12.6. The van der Waals surface area contributed by atoms with Crippen molar-refractivity contribution in [2.45, 2.75) is 6.61 Å². The van der Waals surface area contributed by atoms with Crippen LogP contribution in [0.3, 0.4) is 0 Å². The van der Waals surface area contributed by atoms with Crippen LogP contribution in [0, 0.1) is 11.3 Å². The Labute approximate surface area is 190 Å². The Balaban J connectivity index is 1.82. The zero-order valence-corrected chi connectivity index (χ0v) is 18.1. The number of benzene rings is 3. The van der Waals surface area contributed by atoms with Crippen LogP contribution in [0.4, 0.5) is 5.69 Å². The van der Waals surface area contributed by atoms with Crippen LogP contribution in [-0.2, 0) is 11.4 Å². The highest BCUT2D eigenvalue weighted by atomic mass is 35.5. The number of nitrogens with zero attached hydrogens (tertiary/aromatic N) is 1. The molecular formula is C24H18Cl2N2O3. The first kappa shape index (κ1) is 22.2. The minimum absolute atomic E-state index is 0.0966. The van der Waals surface area contributed by atoms with Gasteiger partial charge in [-0.2, -0.15) is 5.26 Å². The van der Waals surface area contributed by atoms with Crippen LogP contribution in [0.2, 0.25) is 10.0 Å². The number of carbonyl (C=O) groups excluding carboxylic acids is 1. The number of amides is 1. The Morgan fingerprint density at radius 1 is 1.10 bits per heavy atom. The van der Waals surface area contributed by atoms with Gasteiger partial charge in [-0.1, -0.05) is 41.4 Å². The number of halogens is 2. The molecule has 0 spiro atoms. The lowest BCUT2D eigenvalue weighted by Crippen LogP contribution is -2.13. The van der Waals surface area contributed by atoms with E-state index in [0.29, 0.717) is 32.8 Å². The Bertz CT molecular complexity index is 1150. The van der Waals surface area contributed by atoms with Gasteiger partial charge in [0.2, 0.25) is 0 Å². The molecule has 3 rings (SSSR count). The number of hydrogen-bond acceptors (Lipinski definition) is 4. The van der Waals surface area contributed by atoms with E-state index in [-0.39, 0.29) is 12.2 Å². The largest absolute Gasteiger partial charge is 0.497 e. The minimum atomic E-state index is -0.551. The van der Waals surface area contributed by atoms with Crippen molar-refractivity contribution in [2.24, 2.45) is 0 Å². The van der Waals surface area contributed by atoms with E-state index in [1.807, 2.05) is 24.3 Å². The van der Waals surface area contributed by atoms with E-state index >= 15 is 0 Å². The molecule has 1 N–H and O–H groups in total. The molecule has 0 saturated heterocycles. The zero-order chi connectivity index (χ0) is 22.2. The molecule has 0 radical (unpaired) electrons. The summed E-state index contributed by atoms with van der Waals surface area (Å²) in [5.41, 5.74) is 1.75. The number of nitrogens with one attached hydrogen (secondary N) is 1. The molecule has 3 aromatic carbocycles. The van der Waals surface area contributed by atoms with Crippen molar-refractivity contribution in [3.8, 4) is 17.6 Å². The monoisotopic (exact) mass is 452 g/mol. The summed E-state index contributed by atoms with van der Waals surface area (Å²) in [6, 6.07) is 21.0. The third-order valence-corrected chi connectivity index (χ3v) is 4.93. The summed E-state index contributed by atoms with van der Waals surface area (Å²) in [6.45, 7) is 0.224. The highest BCUT2D eigenvalue weighted by molar-refractivity contribution is 6.31. The molecule has 0 saturated carbocycles. The molecule has 7 heteroatoms. The van der Waals surface area contributed by atoms with E-state index in [9.17, 15) is 10.1 Å². The quantitative estimate of drug-likeness (QED) is 0.345. The van der Waals surface area contributed by atoms with Gasteiger partial charge in [-0.05, 0) is 54.6 Å². The number of rotatable bonds is 7. The van der Waals surface area contributed by atoms with Gasteiger partial charge in [0.15, 0.2) is 0 Å². The summed E-state index contributed by atoms with van der Waals surface area (Å²) in [5, 5.41) is 13.3. The van der Waals surface area contributed by atoms with E-state index in [1.54, 1.807) is 55.6 Å². The van der Waals surface area contributed by atoms with E-state index in [2.05, 4.69) is 5.32 Å². The van der Waals surface area contributed by atoms with Crippen LogP contribution in [-0.4, -0.2) is 13.0 Å². The second-order valence-electron chi connectivity index (χ2n) is 6.41. The number of anilines is 1. The van der Waals surface area contributed by atoms with E-state index in [0.717, 1.165) is 5.56 Å².